The van der Waals surface area contributed by atoms with Gasteiger partial charge < -0.3 is 10.5 Å². The van der Waals surface area contributed by atoms with Crippen molar-refractivity contribution in [1.82, 2.24) is 4.90 Å². The molecule has 1 aliphatic carbocycles. The third-order valence-electron chi connectivity index (χ3n) is 4.71. The molecule has 3 aliphatic rings. The van der Waals surface area contributed by atoms with Crippen molar-refractivity contribution in [3.05, 3.63) is 0 Å². The van der Waals surface area contributed by atoms with E-state index in [-0.39, 0.29) is 0 Å². The zero-order valence-corrected chi connectivity index (χ0v) is 10.1. The first-order valence-electron chi connectivity index (χ1n) is 6.96. The van der Waals surface area contributed by atoms with Crippen molar-refractivity contribution in [1.29, 1.82) is 0 Å². The number of rotatable bonds is 2. The fraction of sp³-hybridized carbons (Fsp3) is 1.00. The lowest BCUT2D eigenvalue weighted by molar-refractivity contribution is -0.0657. The standard InChI is InChI=1S/C13H24N2O/c14-7-10-3-1-2-4-13(10)15-8-11-5-6-12(9-15)16-11/h10-13H,1-9,14H2. The lowest BCUT2D eigenvalue weighted by Crippen LogP contribution is -2.52. The Bertz CT molecular complexity index is 234. The molecule has 3 nitrogen and oxygen atoms in total. The molecule has 3 fully saturated rings. The van der Waals surface area contributed by atoms with E-state index in [0.717, 1.165) is 31.6 Å². The summed E-state index contributed by atoms with van der Waals surface area (Å²) in [4.78, 5) is 2.70. The van der Waals surface area contributed by atoms with Crippen molar-refractivity contribution in [3.8, 4) is 0 Å². The second-order valence-electron chi connectivity index (χ2n) is 5.76. The number of ether oxygens (including phenoxy) is 1. The fourth-order valence-corrected chi connectivity index (χ4v) is 3.86. The Labute approximate surface area is 98.3 Å². The van der Waals surface area contributed by atoms with Crippen LogP contribution in [0.2, 0.25) is 0 Å². The minimum Gasteiger partial charge on any atom is -0.372 e. The van der Waals surface area contributed by atoms with E-state index in [1.807, 2.05) is 0 Å². The lowest BCUT2D eigenvalue weighted by Gasteiger charge is -2.43. The van der Waals surface area contributed by atoms with Gasteiger partial charge in [0, 0.05) is 19.1 Å². The third-order valence-corrected chi connectivity index (χ3v) is 4.71. The number of nitrogens with zero attached hydrogens (tertiary/aromatic N) is 1. The number of hydrogen-bond acceptors (Lipinski definition) is 3. The molecule has 4 atom stereocenters. The van der Waals surface area contributed by atoms with E-state index in [0.29, 0.717) is 12.2 Å². The molecule has 4 unspecified atom stereocenters. The van der Waals surface area contributed by atoms with Crippen LogP contribution in [0.3, 0.4) is 0 Å². The maximum Gasteiger partial charge on any atom is 0.0707 e. The first-order valence-corrected chi connectivity index (χ1v) is 6.96. The lowest BCUT2D eigenvalue weighted by atomic mass is 9.83. The van der Waals surface area contributed by atoms with Crippen LogP contribution in [-0.4, -0.2) is 42.8 Å². The first-order chi connectivity index (χ1) is 7.86. The second-order valence-corrected chi connectivity index (χ2v) is 5.76. The highest BCUT2D eigenvalue weighted by molar-refractivity contribution is 4.91. The molecule has 0 amide bonds. The van der Waals surface area contributed by atoms with Crippen molar-refractivity contribution in [3.63, 3.8) is 0 Å². The molecule has 0 aromatic rings. The molecule has 16 heavy (non-hydrogen) atoms. The van der Waals surface area contributed by atoms with Gasteiger partial charge in [-0.05, 0) is 38.1 Å². The van der Waals surface area contributed by atoms with Crippen LogP contribution in [0.25, 0.3) is 0 Å². The highest BCUT2D eigenvalue weighted by atomic mass is 16.5. The van der Waals surface area contributed by atoms with Crippen molar-refractivity contribution in [2.75, 3.05) is 19.6 Å². The molecule has 2 bridgehead atoms. The summed E-state index contributed by atoms with van der Waals surface area (Å²) in [6.07, 6.45) is 9.10. The number of likely N-dealkylation sites (tertiary alicyclic amines) is 1. The molecule has 0 radical (unpaired) electrons. The van der Waals surface area contributed by atoms with Crippen LogP contribution in [0.1, 0.15) is 38.5 Å². The van der Waals surface area contributed by atoms with E-state index in [2.05, 4.69) is 4.90 Å². The highest BCUT2D eigenvalue weighted by Gasteiger charge is 2.39. The second kappa shape index (κ2) is 4.63. The molecule has 3 heteroatoms. The van der Waals surface area contributed by atoms with Gasteiger partial charge in [-0.25, -0.2) is 0 Å². The molecule has 0 aromatic heterocycles. The number of nitrogens with two attached hydrogens (primary N) is 1. The van der Waals surface area contributed by atoms with E-state index >= 15 is 0 Å². The van der Waals surface area contributed by atoms with Gasteiger partial charge >= 0.3 is 0 Å². The van der Waals surface area contributed by atoms with E-state index < -0.39 is 0 Å². The average molecular weight is 224 g/mol. The normalized spacial score (nSPS) is 44.8. The van der Waals surface area contributed by atoms with E-state index in [1.165, 1.54) is 38.5 Å². The zero-order chi connectivity index (χ0) is 11.0. The Balaban J connectivity index is 1.66. The van der Waals surface area contributed by atoms with Crippen LogP contribution in [0.5, 0.6) is 0 Å². The van der Waals surface area contributed by atoms with Crippen molar-refractivity contribution in [2.45, 2.75) is 56.8 Å². The number of hydrogen-bond donors (Lipinski definition) is 1. The quantitative estimate of drug-likeness (QED) is 0.770. The first kappa shape index (κ1) is 11.0. The molecule has 3 rings (SSSR count). The van der Waals surface area contributed by atoms with Gasteiger partial charge in [0.15, 0.2) is 0 Å². The summed E-state index contributed by atoms with van der Waals surface area (Å²) in [5.74, 6) is 0.742. The Hall–Kier alpha value is -0.120. The summed E-state index contributed by atoms with van der Waals surface area (Å²) >= 11 is 0. The van der Waals surface area contributed by atoms with Crippen molar-refractivity contribution >= 4 is 0 Å². The smallest absolute Gasteiger partial charge is 0.0707 e. The van der Waals surface area contributed by atoms with Crippen LogP contribution in [0, 0.1) is 5.92 Å². The largest absolute Gasteiger partial charge is 0.372 e. The van der Waals surface area contributed by atoms with Crippen LogP contribution in [0.15, 0.2) is 0 Å². The summed E-state index contributed by atoms with van der Waals surface area (Å²) in [6.45, 7) is 3.20. The van der Waals surface area contributed by atoms with Crippen LogP contribution in [0.4, 0.5) is 0 Å². The molecule has 2 heterocycles. The SMILES string of the molecule is NCC1CCCCC1N1CC2CCC(C1)O2. The minimum absolute atomic E-state index is 0.527. The Morgan fingerprint density at radius 2 is 1.69 bits per heavy atom. The number of fused-ring (bicyclic) bond motifs is 2. The van der Waals surface area contributed by atoms with E-state index in [4.69, 9.17) is 10.5 Å². The van der Waals surface area contributed by atoms with Gasteiger partial charge in [0.25, 0.3) is 0 Å². The van der Waals surface area contributed by atoms with Crippen LogP contribution >= 0.6 is 0 Å². The minimum atomic E-state index is 0.527. The Kier molecular flexibility index (Phi) is 3.18. The number of morpholine rings is 1. The van der Waals surface area contributed by atoms with Crippen molar-refractivity contribution in [2.24, 2.45) is 11.7 Å². The molecule has 2 saturated heterocycles. The highest BCUT2D eigenvalue weighted by Crippen LogP contribution is 2.33. The van der Waals surface area contributed by atoms with Crippen LogP contribution < -0.4 is 5.73 Å². The topological polar surface area (TPSA) is 38.5 Å². The summed E-state index contributed by atoms with van der Waals surface area (Å²) < 4.78 is 5.91. The predicted octanol–water partition coefficient (Wildman–Crippen LogP) is 1.37. The molecular weight excluding hydrogens is 200 g/mol. The van der Waals surface area contributed by atoms with Gasteiger partial charge in [-0.1, -0.05) is 12.8 Å². The molecular formula is C13H24N2O. The van der Waals surface area contributed by atoms with Gasteiger partial charge in [0.1, 0.15) is 0 Å². The summed E-state index contributed by atoms with van der Waals surface area (Å²) in [7, 11) is 0. The van der Waals surface area contributed by atoms with Gasteiger partial charge in [-0.3, -0.25) is 4.90 Å². The third kappa shape index (κ3) is 2.01. The Morgan fingerprint density at radius 3 is 2.38 bits per heavy atom. The molecule has 2 N–H and O–H groups in total. The maximum absolute atomic E-state index is 5.93. The molecule has 92 valence electrons. The van der Waals surface area contributed by atoms with Crippen molar-refractivity contribution < 1.29 is 4.74 Å². The van der Waals surface area contributed by atoms with Gasteiger partial charge in [0.05, 0.1) is 12.2 Å². The predicted molar refractivity (Wildman–Crippen MR) is 64.3 cm³/mol. The van der Waals surface area contributed by atoms with Gasteiger partial charge in [-0.2, -0.15) is 0 Å². The molecule has 2 aliphatic heterocycles. The summed E-state index contributed by atoms with van der Waals surface area (Å²) in [5.41, 5.74) is 5.93. The monoisotopic (exact) mass is 224 g/mol. The average Bonchev–Trinajstić information content (AvgIpc) is 2.68. The molecule has 0 aromatic carbocycles. The van der Waals surface area contributed by atoms with E-state index in [1.54, 1.807) is 0 Å². The fourth-order valence-electron chi connectivity index (χ4n) is 3.86. The zero-order valence-electron chi connectivity index (χ0n) is 10.1. The van der Waals surface area contributed by atoms with E-state index in [9.17, 15) is 0 Å². The Morgan fingerprint density at radius 1 is 1.00 bits per heavy atom. The molecule has 0 spiro atoms. The van der Waals surface area contributed by atoms with Gasteiger partial charge in [0.2, 0.25) is 0 Å². The maximum atomic E-state index is 5.93. The van der Waals surface area contributed by atoms with Gasteiger partial charge in [-0.15, -0.1) is 0 Å². The van der Waals surface area contributed by atoms with Crippen LogP contribution in [-0.2, 0) is 4.74 Å². The molecule has 1 saturated carbocycles. The summed E-state index contributed by atoms with van der Waals surface area (Å²) in [5, 5.41) is 0. The summed E-state index contributed by atoms with van der Waals surface area (Å²) in [6, 6.07) is 0.755.